The van der Waals surface area contributed by atoms with Crippen molar-refractivity contribution in [3.8, 4) is 0 Å². The molecule has 1 amide bonds. The van der Waals surface area contributed by atoms with E-state index in [0.717, 1.165) is 44.2 Å². The van der Waals surface area contributed by atoms with Gasteiger partial charge < -0.3 is 15.1 Å². The molecule has 26 heavy (non-hydrogen) atoms. The molecule has 2 aromatic rings. The Morgan fingerprint density at radius 1 is 1.04 bits per heavy atom. The first-order valence-corrected chi connectivity index (χ1v) is 9.29. The highest BCUT2D eigenvalue weighted by Gasteiger charge is 2.18. The summed E-state index contributed by atoms with van der Waals surface area (Å²) in [7, 11) is 0. The first-order valence-electron chi connectivity index (χ1n) is 9.29. The summed E-state index contributed by atoms with van der Waals surface area (Å²) in [4.78, 5) is 17.0. The van der Waals surface area contributed by atoms with Gasteiger partial charge in [0.25, 0.3) is 5.91 Å². The van der Waals surface area contributed by atoms with Crippen LogP contribution >= 0.6 is 0 Å². The molecule has 3 rings (SSSR count). The average molecular weight is 353 g/mol. The van der Waals surface area contributed by atoms with Crippen LogP contribution in [0.1, 0.15) is 42.7 Å². The number of likely N-dealkylation sites (N-methyl/N-ethyl adjacent to an activating group) is 1. The summed E-state index contributed by atoms with van der Waals surface area (Å²) in [5, 5.41) is 11.2. The van der Waals surface area contributed by atoms with Gasteiger partial charge in [0.2, 0.25) is 0 Å². The van der Waals surface area contributed by atoms with Crippen LogP contribution in [0, 0.1) is 0 Å². The molecule has 1 aliphatic rings. The lowest BCUT2D eigenvalue weighted by Crippen LogP contribution is -2.46. The van der Waals surface area contributed by atoms with Crippen molar-refractivity contribution in [3.05, 3.63) is 47.7 Å². The Labute approximate surface area is 155 Å². The van der Waals surface area contributed by atoms with Crippen molar-refractivity contribution < 1.29 is 4.79 Å². The predicted octanol–water partition coefficient (Wildman–Crippen LogP) is 2.99. The third-order valence-corrected chi connectivity index (χ3v) is 4.86. The van der Waals surface area contributed by atoms with Gasteiger partial charge >= 0.3 is 0 Å². The van der Waals surface area contributed by atoms with E-state index in [4.69, 9.17) is 0 Å². The molecule has 0 unspecified atom stereocenters. The fourth-order valence-corrected chi connectivity index (χ4v) is 3.05. The summed E-state index contributed by atoms with van der Waals surface area (Å²) in [6.07, 6.45) is 0. The molecule has 1 N–H and O–H groups in total. The van der Waals surface area contributed by atoms with Gasteiger partial charge in [-0.3, -0.25) is 4.79 Å². The molecule has 1 aliphatic heterocycles. The molecule has 0 radical (unpaired) electrons. The molecule has 1 saturated heterocycles. The van der Waals surface area contributed by atoms with E-state index in [9.17, 15) is 4.79 Å². The maximum Gasteiger partial charge on any atom is 0.276 e. The Morgan fingerprint density at radius 2 is 1.73 bits per heavy atom. The van der Waals surface area contributed by atoms with Gasteiger partial charge in [0, 0.05) is 31.9 Å². The first-order chi connectivity index (χ1) is 12.6. The van der Waals surface area contributed by atoms with Gasteiger partial charge in [0.05, 0.1) is 0 Å². The van der Waals surface area contributed by atoms with Crippen molar-refractivity contribution >= 4 is 17.4 Å². The Hall–Kier alpha value is -2.47. The van der Waals surface area contributed by atoms with Crippen LogP contribution in [0.5, 0.6) is 0 Å². The molecule has 0 spiro atoms. The first kappa shape index (κ1) is 18.3. The van der Waals surface area contributed by atoms with Crippen LogP contribution in [0.15, 0.2) is 36.4 Å². The van der Waals surface area contributed by atoms with Gasteiger partial charge in [-0.1, -0.05) is 32.9 Å². The number of aromatic nitrogens is 2. The minimum atomic E-state index is -0.239. The van der Waals surface area contributed by atoms with Crippen molar-refractivity contribution in [2.45, 2.75) is 26.7 Å². The number of piperazine rings is 1. The quantitative estimate of drug-likeness (QED) is 0.895. The second kappa shape index (κ2) is 8.27. The fourth-order valence-electron chi connectivity index (χ4n) is 3.05. The third kappa shape index (κ3) is 4.38. The summed E-state index contributed by atoms with van der Waals surface area (Å²) < 4.78 is 0. The van der Waals surface area contributed by atoms with E-state index in [1.54, 1.807) is 6.07 Å². The molecule has 0 aliphatic carbocycles. The lowest BCUT2D eigenvalue weighted by molar-refractivity contribution is 0.102. The van der Waals surface area contributed by atoms with E-state index in [1.807, 2.05) is 30.3 Å². The SMILES string of the molecule is CCN1CCN(c2ccc(C(=O)Nc3ccc(C(C)C)cc3)nn2)CC1. The van der Waals surface area contributed by atoms with Gasteiger partial charge in [-0.25, -0.2) is 0 Å². The zero-order valence-corrected chi connectivity index (χ0v) is 15.8. The molecule has 1 aromatic heterocycles. The summed E-state index contributed by atoms with van der Waals surface area (Å²) in [6, 6.07) is 11.5. The number of hydrogen-bond acceptors (Lipinski definition) is 5. The van der Waals surface area contributed by atoms with E-state index in [2.05, 4.69) is 46.1 Å². The number of hydrogen-bond donors (Lipinski definition) is 1. The van der Waals surface area contributed by atoms with Crippen LogP contribution in [-0.4, -0.2) is 53.7 Å². The standard InChI is InChI=1S/C20H27N5O/c1-4-24-11-13-25(14-12-24)19-10-9-18(22-23-19)20(26)21-17-7-5-16(6-8-17)15(2)3/h5-10,15H,4,11-14H2,1-3H3,(H,21,26). The number of carbonyl (C=O) groups is 1. The van der Waals surface area contributed by atoms with Gasteiger partial charge in [-0.2, -0.15) is 0 Å². The molecule has 1 aromatic carbocycles. The second-order valence-corrected chi connectivity index (χ2v) is 6.93. The van der Waals surface area contributed by atoms with E-state index in [1.165, 1.54) is 5.56 Å². The fraction of sp³-hybridized carbons (Fsp3) is 0.450. The molecular formula is C20H27N5O. The average Bonchev–Trinajstić information content (AvgIpc) is 2.68. The molecule has 6 nitrogen and oxygen atoms in total. The molecule has 1 fully saturated rings. The molecular weight excluding hydrogens is 326 g/mol. The van der Waals surface area contributed by atoms with Crippen LogP contribution in [-0.2, 0) is 0 Å². The van der Waals surface area contributed by atoms with Gasteiger partial charge in [0.15, 0.2) is 11.5 Å². The van der Waals surface area contributed by atoms with Crippen molar-refractivity contribution in [1.29, 1.82) is 0 Å². The number of benzene rings is 1. The van der Waals surface area contributed by atoms with Crippen molar-refractivity contribution in [3.63, 3.8) is 0 Å². The van der Waals surface area contributed by atoms with Crippen LogP contribution < -0.4 is 10.2 Å². The van der Waals surface area contributed by atoms with Gasteiger partial charge in [0.1, 0.15) is 0 Å². The zero-order valence-electron chi connectivity index (χ0n) is 15.8. The Balaban J connectivity index is 1.60. The zero-order chi connectivity index (χ0) is 18.5. The molecule has 6 heteroatoms. The summed E-state index contributed by atoms with van der Waals surface area (Å²) in [5.41, 5.74) is 2.34. The molecule has 0 bridgehead atoms. The maximum absolute atomic E-state index is 12.4. The molecule has 0 atom stereocenters. The van der Waals surface area contributed by atoms with Crippen LogP contribution in [0.4, 0.5) is 11.5 Å². The largest absolute Gasteiger partial charge is 0.353 e. The van der Waals surface area contributed by atoms with E-state index < -0.39 is 0 Å². The van der Waals surface area contributed by atoms with Crippen LogP contribution in [0.3, 0.4) is 0 Å². The topological polar surface area (TPSA) is 61.4 Å². The highest BCUT2D eigenvalue weighted by molar-refractivity contribution is 6.02. The van der Waals surface area contributed by atoms with Crippen LogP contribution in [0.25, 0.3) is 0 Å². The summed E-state index contributed by atoms with van der Waals surface area (Å²) in [5.74, 6) is 1.06. The maximum atomic E-state index is 12.4. The minimum Gasteiger partial charge on any atom is -0.353 e. The minimum absolute atomic E-state index is 0.239. The lowest BCUT2D eigenvalue weighted by Gasteiger charge is -2.34. The summed E-state index contributed by atoms with van der Waals surface area (Å²) in [6.45, 7) is 11.5. The number of nitrogens with zero attached hydrogens (tertiary/aromatic N) is 4. The Kier molecular flexibility index (Phi) is 5.83. The number of nitrogens with one attached hydrogen (secondary N) is 1. The van der Waals surface area contributed by atoms with Gasteiger partial charge in [-0.05, 0) is 42.3 Å². The number of amides is 1. The number of rotatable bonds is 5. The van der Waals surface area contributed by atoms with Crippen molar-refractivity contribution in [2.75, 3.05) is 42.9 Å². The highest BCUT2D eigenvalue weighted by Crippen LogP contribution is 2.18. The van der Waals surface area contributed by atoms with Gasteiger partial charge in [-0.15, -0.1) is 10.2 Å². The van der Waals surface area contributed by atoms with E-state index >= 15 is 0 Å². The smallest absolute Gasteiger partial charge is 0.276 e. The van der Waals surface area contributed by atoms with Crippen molar-refractivity contribution in [2.24, 2.45) is 0 Å². The normalized spacial score (nSPS) is 15.3. The molecule has 2 heterocycles. The lowest BCUT2D eigenvalue weighted by atomic mass is 10.0. The van der Waals surface area contributed by atoms with E-state index in [-0.39, 0.29) is 5.91 Å². The molecule has 138 valence electrons. The number of carbonyl (C=O) groups excluding carboxylic acids is 1. The molecule has 0 saturated carbocycles. The van der Waals surface area contributed by atoms with Crippen LogP contribution in [0.2, 0.25) is 0 Å². The summed E-state index contributed by atoms with van der Waals surface area (Å²) >= 11 is 0. The van der Waals surface area contributed by atoms with Crippen molar-refractivity contribution in [1.82, 2.24) is 15.1 Å². The highest BCUT2D eigenvalue weighted by atomic mass is 16.1. The third-order valence-electron chi connectivity index (χ3n) is 4.86. The predicted molar refractivity (Wildman–Crippen MR) is 105 cm³/mol. The Bertz CT molecular complexity index is 719. The Morgan fingerprint density at radius 3 is 2.27 bits per heavy atom. The monoisotopic (exact) mass is 353 g/mol. The second-order valence-electron chi connectivity index (χ2n) is 6.93. The number of anilines is 2. The van der Waals surface area contributed by atoms with E-state index in [0.29, 0.717) is 11.6 Å².